The molecule has 2 aromatic heterocycles. The minimum absolute atomic E-state index is 0.0609. The zero-order valence-electron chi connectivity index (χ0n) is 15.4. The Labute approximate surface area is 149 Å². The maximum atomic E-state index is 15.0. The number of likely N-dealkylation sites (N-methyl/N-ethyl adjacent to an activating group) is 2. The normalized spacial score (nSPS) is 23.4. The summed E-state index contributed by atoms with van der Waals surface area (Å²) in [5.74, 6) is -0.439. The van der Waals surface area contributed by atoms with Gasteiger partial charge in [-0.3, -0.25) is 9.36 Å². The summed E-state index contributed by atoms with van der Waals surface area (Å²) < 4.78 is 16.3. The highest BCUT2D eigenvalue weighted by Crippen LogP contribution is 2.40. The first-order valence-electron chi connectivity index (χ1n) is 8.53. The second-order valence-electron chi connectivity index (χ2n) is 7.23. The predicted octanol–water partition coefficient (Wildman–Crippen LogP) is 0.261. The van der Waals surface area contributed by atoms with E-state index in [0.29, 0.717) is 29.9 Å². The number of halogens is 1. The molecule has 1 saturated heterocycles. The Morgan fingerprint density at radius 2 is 1.81 bits per heavy atom. The largest absolute Gasteiger partial charge is 0.350 e. The Kier molecular flexibility index (Phi) is 3.56. The van der Waals surface area contributed by atoms with Gasteiger partial charge in [-0.25, -0.2) is 14.2 Å². The molecule has 1 amide bonds. The summed E-state index contributed by atoms with van der Waals surface area (Å²) in [5, 5.41) is 0.407. The molecular formula is C17H21FN6O2. The predicted molar refractivity (Wildman–Crippen MR) is 96.1 cm³/mol. The van der Waals surface area contributed by atoms with E-state index >= 15 is 4.39 Å². The van der Waals surface area contributed by atoms with Crippen LogP contribution in [0.1, 0.15) is 12.6 Å². The van der Waals surface area contributed by atoms with Gasteiger partial charge in [-0.05, 0) is 20.9 Å². The van der Waals surface area contributed by atoms with Gasteiger partial charge in [-0.15, -0.1) is 0 Å². The van der Waals surface area contributed by atoms with Crippen molar-refractivity contribution in [3.05, 3.63) is 22.0 Å². The third-order valence-electron chi connectivity index (χ3n) is 5.36. The summed E-state index contributed by atoms with van der Waals surface area (Å²) >= 11 is 0. The summed E-state index contributed by atoms with van der Waals surface area (Å²) in [5.41, 5.74) is 0.142. The molecule has 9 heteroatoms. The molecule has 4 rings (SSSR count). The van der Waals surface area contributed by atoms with Crippen LogP contribution in [0.3, 0.4) is 0 Å². The number of amides is 1. The Bertz CT molecular complexity index is 1000. The van der Waals surface area contributed by atoms with E-state index in [1.54, 1.807) is 14.1 Å². The highest BCUT2D eigenvalue weighted by atomic mass is 19.1. The Morgan fingerprint density at radius 1 is 1.12 bits per heavy atom. The molecule has 4 heterocycles. The number of aromatic nitrogens is 3. The minimum atomic E-state index is -0.559. The molecule has 2 atom stereocenters. The van der Waals surface area contributed by atoms with E-state index in [9.17, 15) is 9.59 Å². The number of aryl methyl sites for hydroxylation is 2. The van der Waals surface area contributed by atoms with Crippen molar-refractivity contribution < 1.29 is 9.18 Å². The molecule has 8 nitrogen and oxygen atoms in total. The Morgan fingerprint density at radius 3 is 2.50 bits per heavy atom. The summed E-state index contributed by atoms with van der Waals surface area (Å²) in [6, 6.07) is -0.599. The van der Waals surface area contributed by atoms with Gasteiger partial charge in [0.2, 0.25) is 0 Å². The van der Waals surface area contributed by atoms with Gasteiger partial charge in [0, 0.05) is 33.2 Å². The van der Waals surface area contributed by atoms with Crippen LogP contribution >= 0.6 is 0 Å². The van der Waals surface area contributed by atoms with Gasteiger partial charge >= 0.3 is 5.69 Å². The van der Waals surface area contributed by atoms with Crippen LogP contribution in [-0.4, -0.2) is 64.6 Å². The van der Waals surface area contributed by atoms with E-state index in [-0.39, 0.29) is 23.3 Å². The molecule has 0 spiro atoms. The van der Waals surface area contributed by atoms with Crippen molar-refractivity contribution in [3.8, 4) is 0 Å². The maximum absolute atomic E-state index is 15.0. The average Bonchev–Trinajstić information content (AvgIpc) is 2.66. The SMILES string of the molecule is Cc1nc2c3c(nc(=O)n2C)N2C(C)CN(C)CC2C(=O)N(C)c3c1F. The van der Waals surface area contributed by atoms with Crippen LogP contribution in [0.15, 0.2) is 4.79 Å². The molecule has 2 unspecified atom stereocenters. The van der Waals surface area contributed by atoms with Gasteiger partial charge in [0.1, 0.15) is 17.5 Å². The number of rotatable bonds is 0. The third-order valence-corrected chi connectivity index (χ3v) is 5.36. The number of carbonyl (C=O) groups is 1. The molecule has 138 valence electrons. The molecule has 0 bridgehead atoms. The van der Waals surface area contributed by atoms with Crippen LogP contribution in [0.25, 0.3) is 11.0 Å². The first kappa shape index (κ1) is 16.9. The maximum Gasteiger partial charge on any atom is 0.350 e. The Balaban J connectivity index is 2.17. The first-order chi connectivity index (χ1) is 12.2. The highest BCUT2D eigenvalue weighted by molar-refractivity contribution is 6.11. The van der Waals surface area contributed by atoms with Crippen LogP contribution in [0.4, 0.5) is 15.9 Å². The van der Waals surface area contributed by atoms with Crippen LogP contribution < -0.4 is 15.5 Å². The van der Waals surface area contributed by atoms with Crippen molar-refractivity contribution >= 4 is 28.4 Å². The zero-order chi connectivity index (χ0) is 18.9. The molecule has 2 aliphatic rings. The van der Waals surface area contributed by atoms with E-state index in [4.69, 9.17) is 0 Å². The summed E-state index contributed by atoms with van der Waals surface area (Å²) in [6.45, 7) is 4.70. The molecule has 0 N–H and O–H groups in total. The smallest absolute Gasteiger partial charge is 0.338 e. The van der Waals surface area contributed by atoms with Gasteiger partial charge in [-0.1, -0.05) is 0 Å². The second kappa shape index (κ2) is 5.47. The standard InChI is InChI=1S/C17H21FN6O2/c1-8-6-21(3)7-10-16(25)22(4)13-11-14(19-9(2)12(13)18)23(5)17(26)20-15(11)24(8)10/h8,10H,6-7H2,1-5H3. The van der Waals surface area contributed by atoms with Gasteiger partial charge in [0.05, 0.1) is 16.8 Å². The molecule has 0 radical (unpaired) electrons. The number of carbonyl (C=O) groups excluding carboxylic acids is 1. The summed E-state index contributed by atoms with van der Waals surface area (Å²) in [7, 11) is 5.07. The van der Waals surface area contributed by atoms with Gasteiger partial charge in [-0.2, -0.15) is 4.98 Å². The van der Waals surface area contributed by atoms with E-state index in [1.165, 1.54) is 16.4 Å². The van der Waals surface area contributed by atoms with Crippen molar-refractivity contribution in [1.29, 1.82) is 0 Å². The van der Waals surface area contributed by atoms with Crippen LogP contribution in [0.2, 0.25) is 0 Å². The monoisotopic (exact) mass is 360 g/mol. The van der Waals surface area contributed by atoms with E-state index in [1.807, 2.05) is 18.9 Å². The number of piperazine rings is 1. The average molecular weight is 360 g/mol. The minimum Gasteiger partial charge on any atom is -0.338 e. The molecule has 0 saturated carbocycles. The van der Waals surface area contributed by atoms with Crippen molar-refractivity contribution in [2.75, 3.05) is 37.0 Å². The zero-order valence-corrected chi connectivity index (χ0v) is 15.4. The fraction of sp³-hybridized carbons (Fsp3) is 0.529. The molecule has 0 aliphatic carbocycles. The fourth-order valence-electron chi connectivity index (χ4n) is 4.10. The quantitative estimate of drug-likeness (QED) is 0.671. The van der Waals surface area contributed by atoms with Crippen molar-refractivity contribution in [1.82, 2.24) is 19.4 Å². The topological polar surface area (TPSA) is 74.6 Å². The fourth-order valence-corrected chi connectivity index (χ4v) is 4.10. The third kappa shape index (κ3) is 2.09. The van der Waals surface area contributed by atoms with Crippen molar-refractivity contribution in [3.63, 3.8) is 0 Å². The van der Waals surface area contributed by atoms with Crippen molar-refractivity contribution in [2.45, 2.75) is 25.9 Å². The van der Waals surface area contributed by atoms with Crippen molar-refractivity contribution in [2.24, 2.45) is 7.05 Å². The molecule has 2 aliphatic heterocycles. The van der Waals surface area contributed by atoms with E-state index in [0.717, 1.165) is 0 Å². The number of anilines is 2. The molecule has 0 aromatic carbocycles. The lowest BCUT2D eigenvalue weighted by atomic mass is 10.1. The van der Waals surface area contributed by atoms with Gasteiger partial charge in [0.25, 0.3) is 5.91 Å². The highest BCUT2D eigenvalue weighted by Gasteiger charge is 2.43. The van der Waals surface area contributed by atoms with Crippen LogP contribution in [-0.2, 0) is 11.8 Å². The molecular weight excluding hydrogens is 339 g/mol. The number of fused-ring (bicyclic) bond motifs is 2. The van der Waals surface area contributed by atoms with E-state index in [2.05, 4.69) is 14.9 Å². The number of pyridine rings is 1. The summed E-state index contributed by atoms with van der Waals surface area (Å²) in [4.78, 5) is 39.4. The summed E-state index contributed by atoms with van der Waals surface area (Å²) in [6.07, 6.45) is 0. The number of hydrogen-bond acceptors (Lipinski definition) is 6. The van der Waals surface area contributed by atoms with Gasteiger partial charge < -0.3 is 14.7 Å². The first-order valence-corrected chi connectivity index (χ1v) is 8.53. The Hall–Kier alpha value is -2.55. The van der Waals surface area contributed by atoms with Crippen LogP contribution in [0.5, 0.6) is 0 Å². The van der Waals surface area contributed by atoms with Gasteiger partial charge in [0.15, 0.2) is 5.82 Å². The lowest BCUT2D eigenvalue weighted by Crippen LogP contribution is -2.62. The second-order valence-corrected chi connectivity index (χ2v) is 7.23. The lowest BCUT2D eigenvalue weighted by molar-refractivity contribution is -0.120. The molecule has 1 fully saturated rings. The molecule has 26 heavy (non-hydrogen) atoms. The number of nitrogens with zero attached hydrogens (tertiary/aromatic N) is 6. The van der Waals surface area contributed by atoms with E-state index < -0.39 is 17.5 Å². The van der Waals surface area contributed by atoms with Crippen LogP contribution in [0, 0.1) is 12.7 Å². The molecule has 2 aromatic rings. The number of hydrogen-bond donors (Lipinski definition) is 0. The lowest BCUT2D eigenvalue weighted by Gasteiger charge is -2.44.